The molecule has 2 N–H and O–H groups in total. The number of hydrogen-bond donors (Lipinski definition) is 2. The van der Waals surface area contributed by atoms with Crippen LogP contribution in [0.15, 0.2) is 0 Å². The molecule has 0 aromatic heterocycles. The molecule has 1 fully saturated rings. The van der Waals surface area contributed by atoms with E-state index in [4.69, 9.17) is 5.11 Å². The van der Waals surface area contributed by atoms with Crippen LogP contribution in [-0.2, 0) is 0 Å². The van der Waals surface area contributed by atoms with Gasteiger partial charge in [-0.3, -0.25) is 0 Å². The van der Waals surface area contributed by atoms with E-state index >= 15 is 0 Å². The first-order chi connectivity index (χ1) is 5.38. The van der Waals surface area contributed by atoms with Crippen LogP contribution in [0, 0.1) is 5.92 Å². The maximum absolute atomic E-state index is 9.03. The van der Waals surface area contributed by atoms with E-state index in [2.05, 4.69) is 12.2 Å². The van der Waals surface area contributed by atoms with E-state index in [0.29, 0.717) is 18.6 Å². The van der Waals surface area contributed by atoms with Gasteiger partial charge in [0.25, 0.3) is 0 Å². The summed E-state index contributed by atoms with van der Waals surface area (Å²) in [6.45, 7) is 3.48. The van der Waals surface area contributed by atoms with E-state index in [-0.39, 0.29) is 0 Å². The molecule has 2 atom stereocenters. The van der Waals surface area contributed by atoms with Gasteiger partial charge in [0.05, 0.1) is 0 Å². The molecule has 1 aliphatic rings. The molecular formula is C8H17NOS. The van der Waals surface area contributed by atoms with Crippen LogP contribution in [0.4, 0.5) is 0 Å². The smallest absolute Gasteiger partial charge is 0.0482 e. The molecule has 0 aliphatic carbocycles. The van der Waals surface area contributed by atoms with Crippen LogP contribution in [0.3, 0.4) is 0 Å². The van der Waals surface area contributed by atoms with Gasteiger partial charge in [-0.05, 0) is 24.5 Å². The Hall–Kier alpha value is 0.270. The Morgan fingerprint density at radius 2 is 2.45 bits per heavy atom. The Bertz CT molecular complexity index is 108. The number of thioether (sulfide) groups is 1. The first-order valence-electron chi connectivity index (χ1n) is 4.30. The summed E-state index contributed by atoms with van der Waals surface area (Å²) in [6.07, 6.45) is 1.21. The number of aliphatic hydroxyl groups excluding tert-OH is 1. The van der Waals surface area contributed by atoms with Crippen LogP contribution in [0.5, 0.6) is 0 Å². The maximum Gasteiger partial charge on any atom is 0.0482 e. The summed E-state index contributed by atoms with van der Waals surface area (Å²) in [5.74, 6) is 2.84. The zero-order valence-corrected chi connectivity index (χ0v) is 7.86. The number of hydrogen-bond acceptors (Lipinski definition) is 3. The Kier molecular flexibility index (Phi) is 4.26. The van der Waals surface area contributed by atoms with E-state index in [9.17, 15) is 0 Å². The third-order valence-electron chi connectivity index (χ3n) is 2.17. The highest BCUT2D eigenvalue weighted by Gasteiger charge is 2.23. The van der Waals surface area contributed by atoms with E-state index in [1.807, 2.05) is 11.8 Å². The minimum atomic E-state index is 0.338. The average molecular weight is 175 g/mol. The average Bonchev–Trinajstić information content (AvgIpc) is 2.06. The molecule has 0 amide bonds. The molecule has 2 nitrogen and oxygen atoms in total. The van der Waals surface area contributed by atoms with Gasteiger partial charge in [0.15, 0.2) is 0 Å². The van der Waals surface area contributed by atoms with Crippen molar-refractivity contribution < 1.29 is 5.11 Å². The topological polar surface area (TPSA) is 32.3 Å². The summed E-state index contributed by atoms with van der Waals surface area (Å²) in [4.78, 5) is 0. The van der Waals surface area contributed by atoms with Gasteiger partial charge in [-0.15, -0.1) is 0 Å². The molecule has 11 heavy (non-hydrogen) atoms. The summed E-state index contributed by atoms with van der Waals surface area (Å²) >= 11 is 1.96. The SMILES string of the molecule is CCNC1CCSCC1CO. The molecule has 0 saturated carbocycles. The molecular weight excluding hydrogens is 158 g/mol. The zero-order chi connectivity index (χ0) is 8.10. The van der Waals surface area contributed by atoms with Crippen molar-refractivity contribution >= 4 is 11.8 Å². The largest absolute Gasteiger partial charge is 0.396 e. The number of nitrogens with one attached hydrogen (secondary N) is 1. The molecule has 1 rings (SSSR count). The van der Waals surface area contributed by atoms with Crippen LogP contribution >= 0.6 is 11.8 Å². The lowest BCUT2D eigenvalue weighted by Crippen LogP contribution is -2.41. The predicted molar refractivity (Wildman–Crippen MR) is 50.0 cm³/mol. The Balaban J connectivity index is 2.31. The molecule has 1 aliphatic heterocycles. The van der Waals surface area contributed by atoms with Crippen molar-refractivity contribution in [2.24, 2.45) is 5.92 Å². The zero-order valence-electron chi connectivity index (χ0n) is 7.05. The lowest BCUT2D eigenvalue weighted by molar-refractivity contribution is 0.200. The van der Waals surface area contributed by atoms with Crippen LogP contribution in [0.25, 0.3) is 0 Å². The predicted octanol–water partition coefficient (Wildman–Crippen LogP) is 0.710. The highest BCUT2D eigenvalue weighted by Crippen LogP contribution is 2.22. The minimum absolute atomic E-state index is 0.338. The Labute approximate surface area is 72.8 Å². The second-order valence-corrected chi connectivity index (χ2v) is 4.12. The maximum atomic E-state index is 9.03. The summed E-state index contributed by atoms with van der Waals surface area (Å²) in [7, 11) is 0. The van der Waals surface area contributed by atoms with Crippen molar-refractivity contribution in [1.29, 1.82) is 0 Å². The quantitative estimate of drug-likeness (QED) is 0.662. The number of aliphatic hydroxyl groups is 1. The van der Waals surface area contributed by atoms with Crippen LogP contribution in [-0.4, -0.2) is 35.8 Å². The first kappa shape index (κ1) is 9.36. The molecule has 3 heteroatoms. The fourth-order valence-corrected chi connectivity index (χ4v) is 2.74. The summed E-state index contributed by atoms with van der Waals surface area (Å²) in [6, 6.07) is 0.561. The summed E-state index contributed by atoms with van der Waals surface area (Å²) in [5, 5.41) is 12.4. The fraction of sp³-hybridized carbons (Fsp3) is 1.00. The standard InChI is InChI=1S/C8H17NOS/c1-2-9-8-3-4-11-6-7(8)5-10/h7-10H,2-6H2,1H3. The van der Waals surface area contributed by atoms with Gasteiger partial charge in [0.1, 0.15) is 0 Å². The molecule has 0 aromatic rings. The van der Waals surface area contributed by atoms with Gasteiger partial charge < -0.3 is 10.4 Å². The van der Waals surface area contributed by atoms with Gasteiger partial charge >= 0.3 is 0 Å². The van der Waals surface area contributed by atoms with Gasteiger partial charge in [0.2, 0.25) is 0 Å². The second-order valence-electron chi connectivity index (χ2n) is 2.97. The van der Waals surface area contributed by atoms with Gasteiger partial charge in [0, 0.05) is 18.6 Å². The monoisotopic (exact) mass is 175 g/mol. The lowest BCUT2D eigenvalue weighted by Gasteiger charge is -2.30. The normalized spacial score (nSPS) is 32.2. The van der Waals surface area contributed by atoms with Crippen molar-refractivity contribution in [2.45, 2.75) is 19.4 Å². The van der Waals surface area contributed by atoms with Crippen molar-refractivity contribution in [3.05, 3.63) is 0 Å². The van der Waals surface area contributed by atoms with Gasteiger partial charge in [-0.25, -0.2) is 0 Å². The molecule has 66 valence electrons. The molecule has 1 saturated heterocycles. The lowest BCUT2D eigenvalue weighted by atomic mass is 10.00. The van der Waals surface area contributed by atoms with Gasteiger partial charge in [-0.1, -0.05) is 6.92 Å². The molecule has 0 bridgehead atoms. The van der Waals surface area contributed by atoms with Crippen molar-refractivity contribution in [1.82, 2.24) is 5.32 Å². The van der Waals surface area contributed by atoms with Crippen LogP contribution in [0.1, 0.15) is 13.3 Å². The molecule has 1 heterocycles. The van der Waals surface area contributed by atoms with Crippen LogP contribution < -0.4 is 5.32 Å². The van der Waals surface area contributed by atoms with Crippen molar-refractivity contribution in [3.63, 3.8) is 0 Å². The second kappa shape index (κ2) is 5.01. The third-order valence-corrected chi connectivity index (χ3v) is 3.36. The van der Waals surface area contributed by atoms with E-state index in [1.165, 1.54) is 12.2 Å². The molecule has 0 spiro atoms. The Morgan fingerprint density at radius 1 is 1.64 bits per heavy atom. The highest BCUT2D eigenvalue weighted by molar-refractivity contribution is 7.99. The van der Waals surface area contributed by atoms with E-state index in [1.54, 1.807) is 0 Å². The number of rotatable bonds is 3. The summed E-state index contributed by atoms with van der Waals surface area (Å²) < 4.78 is 0. The molecule has 0 aromatic carbocycles. The fourth-order valence-electron chi connectivity index (χ4n) is 1.51. The molecule has 2 unspecified atom stereocenters. The third kappa shape index (κ3) is 2.65. The van der Waals surface area contributed by atoms with Gasteiger partial charge in [-0.2, -0.15) is 11.8 Å². The van der Waals surface area contributed by atoms with Crippen molar-refractivity contribution in [2.75, 3.05) is 24.7 Å². The molecule has 0 radical (unpaired) electrons. The Morgan fingerprint density at radius 3 is 3.09 bits per heavy atom. The van der Waals surface area contributed by atoms with E-state index in [0.717, 1.165) is 12.3 Å². The highest BCUT2D eigenvalue weighted by atomic mass is 32.2. The van der Waals surface area contributed by atoms with Crippen LogP contribution in [0.2, 0.25) is 0 Å². The summed E-state index contributed by atoms with van der Waals surface area (Å²) in [5.41, 5.74) is 0. The first-order valence-corrected chi connectivity index (χ1v) is 5.46. The minimum Gasteiger partial charge on any atom is -0.396 e. The van der Waals surface area contributed by atoms with E-state index < -0.39 is 0 Å². The van der Waals surface area contributed by atoms with Crippen molar-refractivity contribution in [3.8, 4) is 0 Å².